The molecule has 100 valence electrons. The van der Waals surface area contributed by atoms with Gasteiger partial charge in [0.15, 0.2) is 0 Å². The first-order chi connectivity index (χ1) is 8.69. The van der Waals surface area contributed by atoms with Crippen molar-refractivity contribution in [2.45, 2.75) is 57.2 Å². The zero-order valence-corrected chi connectivity index (χ0v) is 10.8. The molecule has 2 rings (SSSR count). The quantitative estimate of drug-likeness (QED) is 0.865. The minimum absolute atomic E-state index is 0.140. The summed E-state index contributed by atoms with van der Waals surface area (Å²) >= 11 is 0. The topological polar surface area (TPSA) is 45.1 Å². The Bertz CT molecular complexity index is 369. The maximum atomic E-state index is 12.8. The summed E-state index contributed by atoms with van der Waals surface area (Å²) in [7, 11) is 0. The number of aliphatic hydroxyl groups excluding tert-OH is 1. The summed E-state index contributed by atoms with van der Waals surface area (Å²) in [6, 6.07) is 3.66. The highest BCUT2D eigenvalue weighted by molar-refractivity contribution is 5.10. The Kier molecular flexibility index (Phi) is 4.66. The van der Waals surface area contributed by atoms with E-state index in [0.717, 1.165) is 37.8 Å². The van der Waals surface area contributed by atoms with E-state index in [2.05, 4.69) is 17.2 Å². The first-order valence-electron chi connectivity index (χ1n) is 6.74. The first kappa shape index (κ1) is 13.4. The third-order valence-corrected chi connectivity index (χ3v) is 3.60. The number of nitrogens with one attached hydrogen (secondary N) is 1. The second kappa shape index (κ2) is 6.25. The Labute approximate surface area is 107 Å². The summed E-state index contributed by atoms with van der Waals surface area (Å²) in [6.45, 7) is 2.09. The van der Waals surface area contributed by atoms with Crippen molar-refractivity contribution >= 4 is 0 Å². The van der Waals surface area contributed by atoms with Crippen LogP contribution < -0.4 is 5.32 Å². The van der Waals surface area contributed by atoms with Crippen molar-refractivity contribution in [2.24, 2.45) is 0 Å². The molecule has 3 unspecified atom stereocenters. The maximum absolute atomic E-state index is 12.8. The number of aliphatic hydroxyl groups is 1. The second-order valence-electron chi connectivity index (χ2n) is 5.05. The van der Waals surface area contributed by atoms with Gasteiger partial charge in [-0.05, 0) is 44.2 Å². The van der Waals surface area contributed by atoms with Gasteiger partial charge in [-0.25, -0.2) is 4.39 Å². The molecule has 0 spiro atoms. The third kappa shape index (κ3) is 3.50. The molecule has 0 saturated heterocycles. The van der Waals surface area contributed by atoms with Gasteiger partial charge < -0.3 is 10.4 Å². The molecule has 0 amide bonds. The first-order valence-corrected chi connectivity index (χ1v) is 6.74. The van der Waals surface area contributed by atoms with Crippen LogP contribution >= 0.6 is 0 Å². The van der Waals surface area contributed by atoms with Gasteiger partial charge in [-0.1, -0.05) is 6.92 Å². The van der Waals surface area contributed by atoms with E-state index < -0.39 is 0 Å². The van der Waals surface area contributed by atoms with Crippen molar-refractivity contribution in [3.8, 4) is 0 Å². The van der Waals surface area contributed by atoms with Crippen molar-refractivity contribution in [3.63, 3.8) is 0 Å². The van der Waals surface area contributed by atoms with Crippen LogP contribution in [0.3, 0.4) is 0 Å². The molecule has 1 aliphatic carbocycles. The highest BCUT2D eigenvalue weighted by atomic mass is 19.1. The third-order valence-electron chi connectivity index (χ3n) is 3.60. The predicted octanol–water partition coefficient (Wildman–Crippen LogP) is 2.56. The van der Waals surface area contributed by atoms with E-state index in [4.69, 9.17) is 0 Å². The Morgan fingerprint density at radius 3 is 2.94 bits per heavy atom. The van der Waals surface area contributed by atoms with Gasteiger partial charge in [-0.3, -0.25) is 4.98 Å². The fraction of sp³-hybridized carbons (Fsp3) is 0.643. The minimum Gasteiger partial charge on any atom is -0.393 e. The van der Waals surface area contributed by atoms with E-state index in [1.54, 1.807) is 6.07 Å². The molecule has 1 heterocycles. The Hall–Kier alpha value is -1.00. The van der Waals surface area contributed by atoms with Gasteiger partial charge in [0.25, 0.3) is 0 Å². The van der Waals surface area contributed by atoms with Crippen molar-refractivity contribution in [3.05, 3.63) is 29.8 Å². The highest BCUT2D eigenvalue weighted by Gasteiger charge is 2.23. The largest absolute Gasteiger partial charge is 0.393 e. The van der Waals surface area contributed by atoms with Crippen molar-refractivity contribution in [1.29, 1.82) is 0 Å². The molecule has 1 fully saturated rings. The Morgan fingerprint density at radius 1 is 1.50 bits per heavy atom. The number of halogens is 1. The van der Waals surface area contributed by atoms with Gasteiger partial charge >= 0.3 is 0 Å². The lowest BCUT2D eigenvalue weighted by Crippen LogP contribution is -2.38. The molecule has 18 heavy (non-hydrogen) atoms. The van der Waals surface area contributed by atoms with Crippen LogP contribution in [-0.2, 0) is 0 Å². The number of aromatic nitrogens is 1. The summed E-state index contributed by atoms with van der Waals surface area (Å²) in [6.07, 6.45) is 5.85. The van der Waals surface area contributed by atoms with E-state index in [1.807, 2.05) is 0 Å². The lowest BCUT2D eigenvalue weighted by Gasteiger charge is -2.30. The second-order valence-corrected chi connectivity index (χ2v) is 5.05. The average molecular weight is 252 g/mol. The number of rotatable bonds is 4. The molecule has 1 saturated carbocycles. The van der Waals surface area contributed by atoms with Crippen molar-refractivity contribution in [2.75, 3.05) is 0 Å². The Balaban J connectivity index is 1.98. The van der Waals surface area contributed by atoms with Crippen molar-refractivity contribution < 1.29 is 9.50 Å². The summed E-state index contributed by atoms with van der Waals surface area (Å²) in [4.78, 5) is 4.13. The highest BCUT2D eigenvalue weighted by Crippen LogP contribution is 2.23. The lowest BCUT2D eigenvalue weighted by molar-refractivity contribution is 0.108. The van der Waals surface area contributed by atoms with Gasteiger partial charge in [0.2, 0.25) is 0 Å². The van der Waals surface area contributed by atoms with Crippen LogP contribution in [0.25, 0.3) is 0 Å². The maximum Gasteiger partial charge on any atom is 0.141 e. The SMILES string of the molecule is CCC(NC1CCCC(O)C1)c1ccc(F)cn1. The number of hydrogen-bond acceptors (Lipinski definition) is 3. The van der Waals surface area contributed by atoms with E-state index in [1.165, 1.54) is 12.3 Å². The molecule has 0 aliphatic heterocycles. The van der Waals surface area contributed by atoms with Crippen LogP contribution in [0.5, 0.6) is 0 Å². The fourth-order valence-corrected chi connectivity index (χ4v) is 2.61. The van der Waals surface area contributed by atoms with Crippen LogP contribution in [0, 0.1) is 5.82 Å². The lowest BCUT2D eigenvalue weighted by atomic mass is 9.92. The minimum atomic E-state index is -0.304. The molecular formula is C14H21FN2O. The van der Waals surface area contributed by atoms with Gasteiger partial charge in [0.1, 0.15) is 5.82 Å². The van der Waals surface area contributed by atoms with Gasteiger partial charge in [0.05, 0.1) is 18.0 Å². The summed E-state index contributed by atoms with van der Waals surface area (Å²) in [5.41, 5.74) is 0.874. The normalized spacial score (nSPS) is 25.9. The van der Waals surface area contributed by atoms with E-state index in [0.29, 0.717) is 6.04 Å². The Morgan fingerprint density at radius 2 is 2.33 bits per heavy atom. The summed E-state index contributed by atoms with van der Waals surface area (Å²) in [5, 5.41) is 13.2. The van der Waals surface area contributed by atoms with E-state index >= 15 is 0 Å². The molecular weight excluding hydrogens is 231 g/mol. The van der Waals surface area contributed by atoms with Crippen LogP contribution in [0.2, 0.25) is 0 Å². The van der Waals surface area contributed by atoms with Gasteiger partial charge in [-0.2, -0.15) is 0 Å². The standard InChI is InChI=1S/C14H21FN2O/c1-2-13(14-7-6-10(15)9-16-14)17-11-4-3-5-12(18)8-11/h6-7,9,11-13,17-18H,2-5,8H2,1H3. The predicted molar refractivity (Wildman–Crippen MR) is 68.6 cm³/mol. The molecule has 0 bridgehead atoms. The van der Waals surface area contributed by atoms with Gasteiger partial charge in [0, 0.05) is 12.1 Å². The molecule has 1 aliphatic rings. The molecule has 3 nitrogen and oxygen atoms in total. The molecule has 3 atom stereocenters. The molecule has 1 aromatic heterocycles. The van der Waals surface area contributed by atoms with Crippen LogP contribution in [0.1, 0.15) is 50.8 Å². The molecule has 2 N–H and O–H groups in total. The van der Waals surface area contributed by atoms with Crippen LogP contribution in [0.4, 0.5) is 4.39 Å². The fourth-order valence-electron chi connectivity index (χ4n) is 2.61. The van der Waals surface area contributed by atoms with Gasteiger partial charge in [-0.15, -0.1) is 0 Å². The molecule has 1 aromatic rings. The zero-order valence-electron chi connectivity index (χ0n) is 10.8. The zero-order chi connectivity index (χ0) is 13.0. The number of pyridine rings is 1. The van der Waals surface area contributed by atoms with E-state index in [-0.39, 0.29) is 18.0 Å². The average Bonchev–Trinajstić information content (AvgIpc) is 2.37. The summed E-state index contributed by atoms with van der Waals surface area (Å²) < 4.78 is 12.8. The molecule has 0 aromatic carbocycles. The monoisotopic (exact) mass is 252 g/mol. The molecule has 4 heteroatoms. The summed E-state index contributed by atoms with van der Waals surface area (Å²) in [5.74, 6) is -0.304. The van der Waals surface area contributed by atoms with Crippen LogP contribution in [0.15, 0.2) is 18.3 Å². The van der Waals surface area contributed by atoms with Crippen molar-refractivity contribution in [1.82, 2.24) is 10.3 Å². The number of hydrogen-bond donors (Lipinski definition) is 2. The van der Waals surface area contributed by atoms with Crippen LogP contribution in [-0.4, -0.2) is 22.2 Å². The number of nitrogens with zero attached hydrogens (tertiary/aromatic N) is 1. The molecule has 0 radical (unpaired) electrons. The van der Waals surface area contributed by atoms with E-state index in [9.17, 15) is 9.50 Å². The smallest absolute Gasteiger partial charge is 0.141 e.